The van der Waals surface area contributed by atoms with Gasteiger partial charge < -0.3 is 11.5 Å². The zero-order chi connectivity index (χ0) is 20.8. The summed E-state index contributed by atoms with van der Waals surface area (Å²) in [5.74, 6) is -2.87. The number of thiocarbonyl (C=S) groups is 1. The second-order valence-corrected chi connectivity index (χ2v) is 10.5. The second-order valence-electron chi connectivity index (χ2n) is 6.62. The van der Waals surface area contributed by atoms with Gasteiger partial charge in [-0.2, -0.15) is 0 Å². The Morgan fingerprint density at radius 1 is 1.30 bits per heavy atom. The van der Waals surface area contributed by atoms with Crippen LogP contribution in [0.2, 0.25) is 0 Å². The van der Waals surface area contributed by atoms with Crippen molar-refractivity contribution in [3.8, 4) is 0 Å². The summed E-state index contributed by atoms with van der Waals surface area (Å²) in [6.07, 6.45) is 1.85. The third-order valence-corrected chi connectivity index (χ3v) is 8.28. The molecule has 11 heteroatoms. The maximum Gasteiger partial charge on any atom is 0.246 e. The van der Waals surface area contributed by atoms with Gasteiger partial charge in [-0.15, -0.1) is 0 Å². The minimum atomic E-state index is -3.81. The fourth-order valence-electron chi connectivity index (χ4n) is 2.91. The van der Waals surface area contributed by atoms with E-state index in [1.165, 1.54) is 16.7 Å². The van der Waals surface area contributed by atoms with Gasteiger partial charge in [0.1, 0.15) is 4.32 Å². The molecule has 1 saturated heterocycles. The average molecular weight is 438 g/mol. The highest BCUT2D eigenvalue weighted by molar-refractivity contribution is 8.23. The molecule has 0 aromatic carbocycles. The predicted octanol–water partition coefficient (Wildman–Crippen LogP) is 0.372. The molecule has 154 valence electrons. The van der Waals surface area contributed by atoms with Crippen LogP contribution in [0.1, 0.15) is 46.0 Å². The SMILES string of the molecule is CCCC(CCC)S(=O)(=O)C[C@](N)(C(N)=O)C(=O)CCN1C(=O)CSC1=S. The van der Waals surface area contributed by atoms with Crippen molar-refractivity contribution in [3.05, 3.63) is 0 Å². The van der Waals surface area contributed by atoms with E-state index in [0.29, 0.717) is 30.0 Å². The molecule has 0 aromatic heterocycles. The fourth-order valence-corrected chi connectivity index (χ4v) is 6.39. The molecule has 0 saturated carbocycles. The molecule has 1 rings (SSSR count). The summed E-state index contributed by atoms with van der Waals surface area (Å²) in [4.78, 5) is 37.5. The number of hydrogen-bond donors (Lipinski definition) is 2. The van der Waals surface area contributed by atoms with Gasteiger partial charge in [0.25, 0.3) is 0 Å². The lowest BCUT2D eigenvalue weighted by Gasteiger charge is -2.27. The number of thioether (sulfide) groups is 1. The molecular formula is C16H27N3O5S3. The summed E-state index contributed by atoms with van der Waals surface area (Å²) in [7, 11) is -3.81. The molecule has 0 radical (unpaired) electrons. The van der Waals surface area contributed by atoms with Crippen molar-refractivity contribution in [1.82, 2.24) is 4.90 Å². The Kier molecular flexibility index (Phi) is 8.84. The molecule has 1 heterocycles. The van der Waals surface area contributed by atoms with Crippen molar-refractivity contribution in [1.29, 1.82) is 0 Å². The van der Waals surface area contributed by atoms with Crippen molar-refractivity contribution < 1.29 is 22.8 Å². The van der Waals surface area contributed by atoms with Crippen LogP contribution in [-0.4, -0.2) is 64.1 Å². The van der Waals surface area contributed by atoms with E-state index in [9.17, 15) is 22.8 Å². The standard InChI is InChI=1S/C16H27N3O5S3/c1-3-5-11(6-4-2)27(23,24)10-16(18,14(17)22)12(20)7-8-19-13(21)9-26-15(19)25/h11H,3-10,18H2,1-2H3,(H2,17,22)/t16-/m1/s1. The number of nitrogens with two attached hydrogens (primary N) is 2. The van der Waals surface area contributed by atoms with Gasteiger partial charge >= 0.3 is 0 Å². The van der Waals surface area contributed by atoms with E-state index in [1.54, 1.807) is 0 Å². The molecule has 27 heavy (non-hydrogen) atoms. The number of hydrogen-bond acceptors (Lipinski definition) is 8. The van der Waals surface area contributed by atoms with E-state index < -0.39 is 38.1 Å². The third-order valence-electron chi connectivity index (χ3n) is 4.50. The first-order valence-corrected chi connectivity index (χ1v) is 11.9. The predicted molar refractivity (Wildman–Crippen MR) is 110 cm³/mol. The summed E-state index contributed by atoms with van der Waals surface area (Å²) >= 11 is 6.21. The summed E-state index contributed by atoms with van der Waals surface area (Å²) in [6.45, 7) is 3.67. The summed E-state index contributed by atoms with van der Waals surface area (Å²) in [5, 5.41) is -0.674. The monoisotopic (exact) mass is 437 g/mol. The van der Waals surface area contributed by atoms with Crippen LogP contribution >= 0.6 is 24.0 Å². The maximum absolute atomic E-state index is 12.8. The maximum atomic E-state index is 12.8. The Hall–Kier alpha value is -1.04. The van der Waals surface area contributed by atoms with Crippen LogP contribution in [0, 0.1) is 0 Å². The fraction of sp³-hybridized carbons (Fsp3) is 0.750. The lowest BCUT2D eigenvalue weighted by atomic mass is 9.94. The van der Waals surface area contributed by atoms with Crippen molar-refractivity contribution in [2.45, 2.75) is 56.7 Å². The van der Waals surface area contributed by atoms with Crippen LogP contribution in [0.15, 0.2) is 0 Å². The molecule has 1 atom stereocenters. The van der Waals surface area contributed by atoms with Gasteiger partial charge in [0.2, 0.25) is 11.8 Å². The lowest BCUT2D eigenvalue weighted by Crippen LogP contribution is -2.63. The van der Waals surface area contributed by atoms with Crippen molar-refractivity contribution in [3.63, 3.8) is 0 Å². The van der Waals surface area contributed by atoms with Gasteiger partial charge in [-0.05, 0) is 12.8 Å². The highest BCUT2D eigenvalue weighted by atomic mass is 32.2. The Labute approximate surface area is 169 Å². The van der Waals surface area contributed by atoms with E-state index in [2.05, 4.69) is 0 Å². The summed E-state index contributed by atoms with van der Waals surface area (Å²) < 4.78 is 25.9. The van der Waals surface area contributed by atoms with Crippen LogP contribution in [0.25, 0.3) is 0 Å². The molecule has 0 aliphatic carbocycles. The molecule has 0 aromatic rings. The minimum Gasteiger partial charge on any atom is -0.368 e. The number of carbonyl (C=O) groups is 3. The smallest absolute Gasteiger partial charge is 0.246 e. The lowest BCUT2D eigenvalue weighted by molar-refractivity contribution is -0.133. The number of ketones is 1. The van der Waals surface area contributed by atoms with E-state index >= 15 is 0 Å². The van der Waals surface area contributed by atoms with Gasteiger partial charge in [0.15, 0.2) is 21.2 Å². The van der Waals surface area contributed by atoms with Crippen molar-refractivity contribution in [2.75, 3.05) is 18.1 Å². The molecule has 1 aliphatic heterocycles. The number of Topliss-reactive ketones (excluding diaryl/α,β-unsaturated/α-hetero) is 1. The molecule has 2 amide bonds. The topological polar surface area (TPSA) is 141 Å². The van der Waals surface area contributed by atoms with Gasteiger partial charge in [-0.25, -0.2) is 8.42 Å². The molecule has 0 bridgehead atoms. The zero-order valence-corrected chi connectivity index (χ0v) is 18.1. The van der Waals surface area contributed by atoms with Crippen LogP contribution in [0.5, 0.6) is 0 Å². The first-order chi connectivity index (χ1) is 12.5. The Morgan fingerprint density at radius 3 is 2.26 bits per heavy atom. The van der Waals surface area contributed by atoms with Gasteiger partial charge in [0.05, 0.1) is 16.8 Å². The molecular weight excluding hydrogens is 410 g/mol. The molecule has 0 unspecified atom stereocenters. The average Bonchev–Trinajstić information content (AvgIpc) is 2.90. The first kappa shape index (κ1) is 24.0. The Morgan fingerprint density at radius 2 is 1.85 bits per heavy atom. The normalized spacial score (nSPS) is 17.4. The van der Waals surface area contributed by atoms with Gasteiger partial charge in [0, 0.05) is 13.0 Å². The molecule has 8 nitrogen and oxygen atoms in total. The van der Waals surface area contributed by atoms with E-state index in [4.69, 9.17) is 23.7 Å². The number of rotatable bonds is 12. The molecule has 0 spiro atoms. The Bertz CT molecular complexity index is 688. The number of amides is 2. The van der Waals surface area contributed by atoms with E-state index in [1.807, 2.05) is 13.8 Å². The minimum absolute atomic E-state index is 0.0525. The quantitative estimate of drug-likeness (QED) is 0.330. The Balaban J connectivity index is 2.95. The van der Waals surface area contributed by atoms with Crippen LogP contribution in [-0.2, 0) is 24.2 Å². The van der Waals surface area contributed by atoms with E-state index in [0.717, 1.165) is 0 Å². The highest BCUT2D eigenvalue weighted by Gasteiger charge is 2.45. The number of sulfone groups is 1. The van der Waals surface area contributed by atoms with Crippen molar-refractivity contribution >= 4 is 55.7 Å². The molecule has 1 aliphatic rings. The zero-order valence-electron chi connectivity index (χ0n) is 15.6. The first-order valence-electron chi connectivity index (χ1n) is 8.80. The second kappa shape index (κ2) is 9.94. The largest absolute Gasteiger partial charge is 0.368 e. The van der Waals surface area contributed by atoms with Crippen LogP contribution in [0.4, 0.5) is 0 Å². The third kappa shape index (κ3) is 5.97. The summed E-state index contributed by atoms with van der Waals surface area (Å²) in [6, 6.07) is 0. The number of nitrogens with zero attached hydrogens (tertiary/aromatic N) is 1. The van der Waals surface area contributed by atoms with Crippen molar-refractivity contribution in [2.24, 2.45) is 11.5 Å². The highest BCUT2D eigenvalue weighted by Crippen LogP contribution is 2.22. The molecule has 4 N–H and O–H groups in total. The van der Waals surface area contributed by atoms with Crippen LogP contribution in [0.3, 0.4) is 0 Å². The molecule has 1 fully saturated rings. The summed E-state index contributed by atoms with van der Waals surface area (Å²) in [5.41, 5.74) is 8.89. The van der Waals surface area contributed by atoms with E-state index in [-0.39, 0.29) is 24.6 Å². The number of primary amides is 1. The van der Waals surface area contributed by atoms with Gasteiger partial charge in [-0.1, -0.05) is 50.7 Å². The van der Waals surface area contributed by atoms with Crippen LogP contribution < -0.4 is 11.5 Å². The number of carbonyl (C=O) groups excluding carboxylic acids is 3. The van der Waals surface area contributed by atoms with Gasteiger partial charge in [-0.3, -0.25) is 19.3 Å².